The molecule has 0 fully saturated rings. The first-order chi connectivity index (χ1) is 11.9. The van der Waals surface area contributed by atoms with Crippen LogP contribution in [0.15, 0.2) is 53.5 Å². The number of alkyl halides is 3. The van der Waals surface area contributed by atoms with Crippen molar-refractivity contribution in [3.05, 3.63) is 54.1 Å². The van der Waals surface area contributed by atoms with Gasteiger partial charge in [-0.2, -0.15) is 0 Å². The van der Waals surface area contributed by atoms with E-state index in [1.54, 1.807) is 0 Å². The van der Waals surface area contributed by atoms with E-state index in [9.17, 15) is 13.2 Å². The zero-order valence-electron chi connectivity index (χ0n) is 12.7. The number of fused-ring (bicyclic) bond motifs is 3. The molecule has 9 heteroatoms. The summed E-state index contributed by atoms with van der Waals surface area (Å²) in [5, 5.41) is 2.90. The van der Waals surface area contributed by atoms with E-state index in [1.165, 1.54) is 24.3 Å². The van der Waals surface area contributed by atoms with Crippen LogP contribution in [0.25, 0.3) is 11.0 Å². The molecule has 0 saturated carbocycles. The normalized spacial score (nSPS) is 16.9. The van der Waals surface area contributed by atoms with Gasteiger partial charge >= 0.3 is 6.36 Å². The second-order valence-corrected chi connectivity index (χ2v) is 5.42. The molecule has 0 spiro atoms. The van der Waals surface area contributed by atoms with Crippen molar-refractivity contribution in [2.45, 2.75) is 12.5 Å². The largest absolute Gasteiger partial charge is 0.573 e. The molecule has 1 atom stereocenters. The fourth-order valence-corrected chi connectivity index (χ4v) is 2.78. The molecule has 128 valence electrons. The number of guanidine groups is 1. The second kappa shape index (κ2) is 5.40. The van der Waals surface area contributed by atoms with Crippen LogP contribution in [0.1, 0.15) is 11.7 Å². The summed E-state index contributed by atoms with van der Waals surface area (Å²) >= 11 is 0. The zero-order valence-corrected chi connectivity index (χ0v) is 12.7. The number of para-hydroxylation sites is 2. The van der Waals surface area contributed by atoms with E-state index in [4.69, 9.17) is 5.73 Å². The number of aliphatic imine (C=N–C) groups is 1. The average molecular weight is 347 g/mol. The highest BCUT2D eigenvalue weighted by Gasteiger charge is 2.31. The first-order valence-corrected chi connectivity index (χ1v) is 7.34. The van der Waals surface area contributed by atoms with Gasteiger partial charge in [0.2, 0.25) is 5.95 Å². The number of halogens is 3. The van der Waals surface area contributed by atoms with Crippen LogP contribution in [-0.2, 0) is 0 Å². The fourth-order valence-electron chi connectivity index (χ4n) is 2.78. The van der Waals surface area contributed by atoms with Crippen LogP contribution in [0.4, 0.5) is 19.1 Å². The third-order valence-electron chi connectivity index (χ3n) is 3.75. The van der Waals surface area contributed by atoms with Crippen molar-refractivity contribution in [1.82, 2.24) is 9.55 Å². The molecule has 0 radical (unpaired) electrons. The molecule has 1 aromatic heterocycles. The molecular weight excluding hydrogens is 335 g/mol. The number of aromatic nitrogens is 2. The van der Waals surface area contributed by atoms with Gasteiger partial charge in [0.15, 0.2) is 12.1 Å². The zero-order chi connectivity index (χ0) is 17.6. The van der Waals surface area contributed by atoms with E-state index in [-0.39, 0.29) is 11.7 Å². The Morgan fingerprint density at radius 1 is 1.08 bits per heavy atom. The minimum atomic E-state index is -4.73. The number of imidazole rings is 1. The number of rotatable bonds is 2. The summed E-state index contributed by atoms with van der Waals surface area (Å²) in [5.41, 5.74) is 8.08. The first kappa shape index (κ1) is 15.3. The minimum absolute atomic E-state index is 0.184. The number of hydrogen-bond acceptors (Lipinski definition) is 5. The number of nitrogens with two attached hydrogens (primary N) is 1. The van der Waals surface area contributed by atoms with Gasteiger partial charge in [-0.3, -0.25) is 9.88 Å². The topological polar surface area (TPSA) is 77.5 Å². The van der Waals surface area contributed by atoms with Gasteiger partial charge < -0.3 is 10.5 Å². The standard InChI is InChI=1S/C16H12F3N5O/c17-16(18,19)25-10-7-5-9(6-8-10)13-22-14(20)23-15-21-11-3-1-2-4-12(11)24(13)15/h1-8,13H,(H3,20,21,22,23). The predicted octanol–water partition coefficient (Wildman–Crippen LogP) is 3.22. The van der Waals surface area contributed by atoms with E-state index in [2.05, 4.69) is 20.0 Å². The lowest BCUT2D eigenvalue weighted by atomic mass is 10.1. The van der Waals surface area contributed by atoms with Crippen LogP contribution >= 0.6 is 0 Å². The molecule has 0 aliphatic carbocycles. The van der Waals surface area contributed by atoms with Crippen molar-refractivity contribution in [2.75, 3.05) is 5.32 Å². The first-order valence-electron chi connectivity index (χ1n) is 7.34. The number of ether oxygens (including phenoxy) is 1. The van der Waals surface area contributed by atoms with Gasteiger partial charge in [-0.05, 0) is 29.8 Å². The van der Waals surface area contributed by atoms with Gasteiger partial charge in [-0.1, -0.05) is 24.3 Å². The van der Waals surface area contributed by atoms with E-state index in [1.807, 2.05) is 28.8 Å². The van der Waals surface area contributed by atoms with E-state index >= 15 is 0 Å². The quantitative estimate of drug-likeness (QED) is 0.746. The molecule has 0 bridgehead atoms. The Kier molecular flexibility index (Phi) is 3.31. The average Bonchev–Trinajstić information content (AvgIpc) is 2.91. The molecule has 1 aliphatic heterocycles. The molecule has 0 saturated heterocycles. The summed E-state index contributed by atoms with van der Waals surface area (Å²) in [6.45, 7) is 0. The summed E-state index contributed by atoms with van der Waals surface area (Å²) in [4.78, 5) is 8.83. The summed E-state index contributed by atoms with van der Waals surface area (Å²) in [5.74, 6) is 0.413. The summed E-state index contributed by atoms with van der Waals surface area (Å²) in [6.07, 6.45) is -5.27. The Morgan fingerprint density at radius 3 is 2.52 bits per heavy atom. The molecular formula is C16H12F3N5O. The van der Waals surface area contributed by atoms with Crippen LogP contribution < -0.4 is 15.8 Å². The molecule has 4 rings (SSSR count). The van der Waals surface area contributed by atoms with E-state index in [0.717, 1.165) is 11.0 Å². The molecule has 1 unspecified atom stereocenters. The van der Waals surface area contributed by atoms with Gasteiger partial charge in [0, 0.05) is 0 Å². The van der Waals surface area contributed by atoms with Crippen molar-refractivity contribution in [1.29, 1.82) is 0 Å². The van der Waals surface area contributed by atoms with E-state index in [0.29, 0.717) is 11.5 Å². The number of anilines is 1. The van der Waals surface area contributed by atoms with Crippen LogP contribution in [-0.4, -0.2) is 21.9 Å². The van der Waals surface area contributed by atoms with Crippen molar-refractivity contribution < 1.29 is 17.9 Å². The van der Waals surface area contributed by atoms with E-state index < -0.39 is 12.5 Å². The second-order valence-electron chi connectivity index (χ2n) is 5.42. The third-order valence-corrected chi connectivity index (χ3v) is 3.75. The predicted molar refractivity (Wildman–Crippen MR) is 86.2 cm³/mol. The third kappa shape index (κ3) is 2.84. The van der Waals surface area contributed by atoms with Crippen LogP contribution in [0.5, 0.6) is 5.75 Å². The summed E-state index contributed by atoms with van der Waals surface area (Å²) in [6, 6.07) is 13.0. The Labute approximate surface area is 139 Å². The summed E-state index contributed by atoms with van der Waals surface area (Å²) in [7, 11) is 0. The molecule has 3 N–H and O–H groups in total. The van der Waals surface area contributed by atoms with Crippen LogP contribution in [0.2, 0.25) is 0 Å². The number of benzene rings is 2. The lowest BCUT2D eigenvalue weighted by Gasteiger charge is -2.24. The molecule has 2 heterocycles. The number of nitrogens with one attached hydrogen (secondary N) is 1. The van der Waals surface area contributed by atoms with Crippen LogP contribution in [0, 0.1) is 0 Å². The van der Waals surface area contributed by atoms with Gasteiger partial charge in [0.1, 0.15) is 5.75 Å². The minimum Gasteiger partial charge on any atom is -0.406 e. The van der Waals surface area contributed by atoms with Crippen molar-refractivity contribution in [2.24, 2.45) is 10.7 Å². The van der Waals surface area contributed by atoms with Crippen molar-refractivity contribution in [3.63, 3.8) is 0 Å². The maximum Gasteiger partial charge on any atom is 0.573 e. The highest BCUT2D eigenvalue weighted by atomic mass is 19.4. The molecule has 6 nitrogen and oxygen atoms in total. The fraction of sp³-hybridized carbons (Fsp3) is 0.125. The van der Waals surface area contributed by atoms with Crippen molar-refractivity contribution in [3.8, 4) is 5.75 Å². The SMILES string of the molecule is NC1=NC(c2ccc(OC(F)(F)F)cc2)n2c(nc3ccccc32)N1. The molecule has 25 heavy (non-hydrogen) atoms. The maximum atomic E-state index is 12.3. The van der Waals surface area contributed by atoms with Crippen LogP contribution in [0.3, 0.4) is 0 Å². The smallest absolute Gasteiger partial charge is 0.406 e. The lowest BCUT2D eigenvalue weighted by Crippen LogP contribution is -2.31. The maximum absolute atomic E-state index is 12.3. The molecule has 2 aromatic carbocycles. The lowest BCUT2D eigenvalue weighted by molar-refractivity contribution is -0.274. The Balaban J connectivity index is 1.76. The van der Waals surface area contributed by atoms with Gasteiger partial charge in [-0.15, -0.1) is 13.2 Å². The highest BCUT2D eigenvalue weighted by molar-refractivity contribution is 5.94. The highest BCUT2D eigenvalue weighted by Crippen LogP contribution is 2.33. The van der Waals surface area contributed by atoms with Gasteiger partial charge in [-0.25, -0.2) is 9.98 Å². The molecule has 0 amide bonds. The number of nitrogens with zero attached hydrogens (tertiary/aromatic N) is 3. The van der Waals surface area contributed by atoms with Gasteiger partial charge in [0.25, 0.3) is 0 Å². The molecule has 1 aliphatic rings. The Morgan fingerprint density at radius 2 is 1.80 bits per heavy atom. The Hall–Kier alpha value is -3.23. The number of hydrogen-bond donors (Lipinski definition) is 2. The monoisotopic (exact) mass is 347 g/mol. The Bertz CT molecular complexity index is 962. The van der Waals surface area contributed by atoms with Crippen molar-refractivity contribution >= 4 is 22.9 Å². The van der Waals surface area contributed by atoms with Gasteiger partial charge in [0.05, 0.1) is 11.0 Å². The molecule has 3 aromatic rings. The summed E-state index contributed by atoms with van der Waals surface area (Å²) < 4.78 is 42.6.